The quantitative estimate of drug-likeness (QED) is 0.563. The first-order valence-electron chi connectivity index (χ1n) is 11.3. The number of rotatable bonds is 10. The van der Waals surface area contributed by atoms with Gasteiger partial charge in [0, 0.05) is 37.9 Å². The zero-order valence-electron chi connectivity index (χ0n) is 19.5. The number of nitrogens with one attached hydrogen (secondary N) is 1. The molecule has 0 unspecified atom stereocenters. The minimum absolute atomic E-state index is 0.133. The first-order valence-corrected chi connectivity index (χ1v) is 12.8. The van der Waals surface area contributed by atoms with E-state index in [1.807, 2.05) is 18.2 Å². The molecule has 9 heteroatoms. The summed E-state index contributed by atoms with van der Waals surface area (Å²) < 4.78 is 38.5. The van der Waals surface area contributed by atoms with Gasteiger partial charge in [0.1, 0.15) is 11.5 Å². The fourth-order valence-corrected chi connectivity index (χ4v) is 5.44. The number of ether oxygens (including phenoxy) is 2. The van der Waals surface area contributed by atoms with E-state index in [9.17, 15) is 13.2 Å². The molecule has 0 bridgehead atoms. The van der Waals surface area contributed by atoms with E-state index < -0.39 is 15.9 Å². The molecule has 180 valence electrons. The van der Waals surface area contributed by atoms with E-state index in [0.29, 0.717) is 30.3 Å². The lowest BCUT2D eigenvalue weighted by atomic mass is 10.2. The first-order chi connectivity index (χ1) is 15.9. The van der Waals surface area contributed by atoms with Crippen LogP contribution in [0, 0.1) is 0 Å². The van der Waals surface area contributed by atoms with Crippen molar-refractivity contribution in [3.63, 3.8) is 0 Å². The van der Waals surface area contributed by atoms with Crippen LogP contribution >= 0.6 is 0 Å². The number of carbonyl (C=O) groups is 1. The minimum atomic E-state index is -3.63. The summed E-state index contributed by atoms with van der Waals surface area (Å²) in [6.07, 6.45) is 2.74. The lowest BCUT2D eigenvalue weighted by Gasteiger charge is -2.26. The van der Waals surface area contributed by atoms with Crippen LogP contribution in [0.1, 0.15) is 33.1 Å². The van der Waals surface area contributed by atoms with Crippen LogP contribution in [-0.2, 0) is 14.8 Å². The van der Waals surface area contributed by atoms with Crippen LogP contribution in [0.4, 0.5) is 11.4 Å². The molecule has 0 saturated carbocycles. The van der Waals surface area contributed by atoms with Gasteiger partial charge in [-0.1, -0.05) is 12.5 Å². The minimum Gasteiger partial charge on any atom is -0.495 e. The molecule has 0 atom stereocenters. The van der Waals surface area contributed by atoms with E-state index in [-0.39, 0.29) is 11.5 Å². The number of nitrogens with zero attached hydrogens (tertiary/aromatic N) is 2. The Morgan fingerprint density at radius 3 is 2.45 bits per heavy atom. The van der Waals surface area contributed by atoms with E-state index in [1.54, 1.807) is 12.1 Å². The van der Waals surface area contributed by atoms with E-state index in [1.165, 1.54) is 23.5 Å². The van der Waals surface area contributed by atoms with Gasteiger partial charge >= 0.3 is 0 Å². The molecule has 1 fully saturated rings. The van der Waals surface area contributed by atoms with Gasteiger partial charge < -0.3 is 19.7 Å². The highest BCUT2D eigenvalue weighted by Gasteiger charge is 2.27. The second-order valence-corrected chi connectivity index (χ2v) is 9.77. The predicted octanol–water partition coefficient (Wildman–Crippen LogP) is 3.73. The largest absolute Gasteiger partial charge is 0.495 e. The number of anilines is 2. The third-order valence-corrected chi connectivity index (χ3v) is 7.61. The van der Waals surface area contributed by atoms with Gasteiger partial charge in [0.05, 0.1) is 17.7 Å². The maximum atomic E-state index is 13.0. The Morgan fingerprint density at radius 1 is 1.06 bits per heavy atom. The molecule has 33 heavy (non-hydrogen) atoms. The SMILES string of the molecule is CCN(CC)c1cccc(OCC(=O)Nc2cc(S(=O)(=O)N3CCCCC3)ccc2OC)c1. The average molecular weight is 476 g/mol. The van der Waals surface area contributed by atoms with Gasteiger partial charge in [0.25, 0.3) is 5.91 Å². The molecule has 2 aromatic carbocycles. The lowest BCUT2D eigenvalue weighted by molar-refractivity contribution is -0.118. The van der Waals surface area contributed by atoms with Gasteiger partial charge in [-0.15, -0.1) is 0 Å². The van der Waals surface area contributed by atoms with Crippen molar-refractivity contribution in [3.8, 4) is 11.5 Å². The Balaban J connectivity index is 1.70. The Bertz CT molecular complexity index is 1050. The number of sulfonamides is 1. The Hall–Kier alpha value is -2.78. The van der Waals surface area contributed by atoms with E-state index in [0.717, 1.165) is 38.0 Å². The molecule has 1 amide bonds. The monoisotopic (exact) mass is 475 g/mol. The molecule has 1 aliphatic heterocycles. The molecule has 8 nitrogen and oxygen atoms in total. The summed E-state index contributed by atoms with van der Waals surface area (Å²) >= 11 is 0. The van der Waals surface area contributed by atoms with Gasteiger partial charge in [-0.25, -0.2) is 8.42 Å². The zero-order valence-corrected chi connectivity index (χ0v) is 20.4. The average Bonchev–Trinajstić information content (AvgIpc) is 2.84. The van der Waals surface area contributed by atoms with Crippen LogP contribution in [0.3, 0.4) is 0 Å². The molecule has 1 heterocycles. The van der Waals surface area contributed by atoms with Crippen LogP contribution in [0.25, 0.3) is 0 Å². The molecule has 1 aliphatic rings. The van der Waals surface area contributed by atoms with Crippen molar-refractivity contribution in [2.24, 2.45) is 0 Å². The van der Waals surface area contributed by atoms with Crippen LogP contribution < -0.4 is 19.7 Å². The number of methoxy groups -OCH3 is 1. The zero-order chi connectivity index (χ0) is 23.8. The molecule has 1 saturated heterocycles. The van der Waals surface area contributed by atoms with Crippen molar-refractivity contribution in [2.75, 3.05) is 50.1 Å². The summed E-state index contributed by atoms with van der Waals surface area (Å²) in [4.78, 5) is 14.9. The number of amides is 1. The van der Waals surface area contributed by atoms with Crippen molar-refractivity contribution in [3.05, 3.63) is 42.5 Å². The number of hydrogen-bond donors (Lipinski definition) is 1. The van der Waals surface area contributed by atoms with E-state index in [4.69, 9.17) is 9.47 Å². The third-order valence-electron chi connectivity index (χ3n) is 5.71. The van der Waals surface area contributed by atoms with Gasteiger partial charge in [-0.2, -0.15) is 4.31 Å². The second kappa shape index (κ2) is 11.4. The summed E-state index contributed by atoms with van der Waals surface area (Å²) in [5, 5.41) is 2.72. The van der Waals surface area contributed by atoms with Crippen molar-refractivity contribution in [1.82, 2.24) is 4.31 Å². The van der Waals surface area contributed by atoms with Crippen LogP contribution in [-0.4, -0.2) is 58.5 Å². The van der Waals surface area contributed by atoms with Crippen molar-refractivity contribution in [1.29, 1.82) is 0 Å². The fraction of sp³-hybridized carbons (Fsp3) is 0.458. The molecule has 0 spiro atoms. The van der Waals surface area contributed by atoms with E-state index in [2.05, 4.69) is 24.1 Å². The van der Waals surface area contributed by atoms with Gasteiger partial charge in [-0.05, 0) is 57.0 Å². The molecule has 2 aromatic rings. The number of carbonyl (C=O) groups excluding carboxylic acids is 1. The van der Waals surface area contributed by atoms with Crippen molar-refractivity contribution < 1.29 is 22.7 Å². The third kappa shape index (κ3) is 6.17. The first kappa shape index (κ1) is 24.9. The normalized spacial score (nSPS) is 14.5. The van der Waals surface area contributed by atoms with Crippen LogP contribution in [0.15, 0.2) is 47.4 Å². The Labute approximate surface area is 196 Å². The molecular weight excluding hydrogens is 442 g/mol. The summed E-state index contributed by atoms with van der Waals surface area (Å²) in [6.45, 7) is 6.71. The highest BCUT2D eigenvalue weighted by Crippen LogP contribution is 2.30. The fourth-order valence-electron chi connectivity index (χ4n) is 3.89. The summed E-state index contributed by atoms with van der Waals surface area (Å²) in [6, 6.07) is 12.1. The number of benzene rings is 2. The molecule has 0 aromatic heterocycles. The Kier molecular flexibility index (Phi) is 8.57. The standard InChI is InChI=1S/C24H33N3O5S/c1-4-26(5-2)19-10-9-11-20(16-19)32-18-24(28)25-22-17-21(12-13-23(22)31-3)33(29,30)27-14-7-6-8-15-27/h9-13,16-17H,4-8,14-15,18H2,1-3H3,(H,25,28). The highest BCUT2D eigenvalue weighted by molar-refractivity contribution is 7.89. The lowest BCUT2D eigenvalue weighted by Crippen LogP contribution is -2.35. The van der Waals surface area contributed by atoms with Crippen LogP contribution in [0.5, 0.6) is 11.5 Å². The number of hydrogen-bond acceptors (Lipinski definition) is 6. The van der Waals surface area contributed by atoms with Crippen LogP contribution in [0.2, 0.25) is 0 Å². The summed E-state index contributed by atoms with van der Waals surface area (Å²) in [5.74, 6) is 0.557. The maximum Gasteiger partial charge on any atom is 0.262 e. The maximum absolute atomic E-state index is 13.0. The molecule has 0 radical (unpaired) electrons. The smallest absolute Gasteiger partial charge is 0.262 e. The highest BCUT2D eigenvalue weighted by atomic mass is 32.2. The molecule has 1 N–H and O–H groups in total. The molecule has 3 rings (SSSR count). The van der Waals surface area contributed by atoms with E-state index >= 15 is 0 Å². The van der Waals surface area contributed by atoms with Crippen molar-refractivity contribution in [2.45, 2.75) is 38.0 Å². The predicted molar refractivity (Wildman–Crippen MR) is 130 cm³/mol. The molecular formula is C24H33N3O5S. The Morgan fingerprint density at radius 2 is 1.79 bits per heavy atom. The van der Waals surface area contributed by atoms with Gasteiger partial charge in [0.15, 0.2) is 6.61 Å². The summed E-state index contributed by atoms with van der Waals surface area (Å²) in [5.41, 5.74) is 1.32. The van der Waals surface area contributed by atoms with Gasteiger partial charge in [0.2, 0.25) is 10.0 Å². The topological polar surface area (TPSA) is 88.2 Å². The second-order valence-electron chi connectivity index (χ2n) is 7.83. The number of piperidine rings is 1. The van der Waals surface area contributed by atoms with Crippen molar-refractivity contribution >= 4 is 27.3 Å². The molecule has 0 aliphatic carbocycles. The van der Waals surface area contributed by atoms with Gasteiger partial charge in [-0.3, -0.25) is 4.79 Å². The summed E-state index contributed by atoms with van der Waals surface area (Å²) in [7, 11) is -2.16.